The van der Waals surface area contributed by atoms with E-state index < -0.39 is 32.5 Å². The zero-order valence-electron chi connectivity index (χ0n) is 12.7. The smallest absolute Gasteiger partial charge is 0.242 e. The summed E-state index contributed by atoms with van der Waals surface area (Å²) in [5.74, 6) is 0. The van der Waals surface area contributed by atoms with E-state index >= 15 is 0 Å². The zero-order valence-corrected chi connectivity index (χ0v) is 15.1. The predicted octanol–water partition coefficient (Wildman–Crippen LogP) is 1.83. The molecule has 9 heteroatoms. The molecule has 130 valence electrons. The lowest BCUT2D eigenvalue weighted by molar-refractivity contribution is 0.265. The largest absolute Gasteiger partial charge is 0.395 e. The van der Waals surface area contributed by atoms with Gasteiger partial charge in [-0.05, 0) is 37.3 Å². The number of sulfonamides is 1. The van der Waals surface area contributed by atoms with E-state index in [0.29, 0.717) is 0 Å². The molecule has 6 nitrogen and oxygen atoms in total. The number of hydrogen-bond donors (Lipinski definition) is 2. The van der Waals surface area contributed by atoms with E-state index in [1.54, 1.807) is 18.2 Å². The highest BCUT2D eigenvalue weighted by molar-refractivity contribution is 7.91. The molecule has 2 N–H and O–H groups in total. The highest BCUT2D eigenvalue weighted by Crippen LogP contribution is 2.28. The van der Waals surface area contributed by atoms with Crippen LogP contribution in [0.5, 0.6) is 0 Å². The third-order valence-corrected chi connectivity index (χ3v) is 7.02. The molecule has 24 heavy (non-hydrogen) atoms. The molecule has 1 atom stereocenters. The molecule has 2 aromatic carbocycles. The Bertz CT molecular complexity index is 928. The second-order valence-electron chi connectivity index (χ2n) is 5.11. The van der Waals surface area contributed by atoms with Gasteiger partial charge in [0.1, 0.15) is 4.90 Å². The van der Waals surface area contributed by atoms with Crippen LogP contribution >= 0.6 is 11.6 Å². The maximum atomic E-state index is 12.6. The molecule has 0 aromatic heterocycles. The number of aliphatic hydroxyl groups excluding tert-OH is 1. The van der Waals surface area contributed by atoms with E-state index in [0.717, 1.165) is 6.07 Å². The Morgan fingerprint density at radius 3 is 2.25 bits per heavy atom. The number of rotatable bonds is 6. The van der Waals surface area contributed by atoms with Crippen molar-refractivity contribution < 1.29 is 21.9 Å². The molecule has 2 rings (SSSR count). The van der Waals surface area contributed by atoms with Crippen LogP contribution < -0.4 is 4.72 Å². The van der Waals surface area contributed by atoms with Gasteiger partial charge in [-0.15, -0.1) is 0 Å². The maximum Gasteiger partial charge on any atom is 0.242 e. The second-order valence-corrected chi connectivity index (χ2v) is 9.15. The van der Waals surface area contributed by atoms with Gasteiger partial charge in [-0.25, -0.2) is 21.6 Å². The lowest BCUT2D eigenvalue weighted by atomic mass is 10.4. The van der Waals surface area contributed by atoms with E-state index in [1.165, 1.54) is 31.2 Å². The maximum absolute atomic E-state index is 12.6. The quantitative estimate of drug-likeness (QED) is 0.785. The van der Waals surface area contributed by atoms with Crippen molar-refractivity contribution in [3.8, 4) is 0 Å². The van der Waals surface area contributed by atoms with Crippen LogP contribution in [-0.4, -0.2) is 34.6 Å². The first kappa shape index (κ1) is 18.9. The SMILES string of the molecule is CC(CO)NS(=O)(=O)c1cc(S(=O)(=O)c2ccccc2)ccc1Cl. The van der Waals surface area contributed by atoms with Crippen molar-refractivity contribution in [2.75, 3.05) is 6.61 Å². The number of nitrogens with one attached hydrogen (secondary N) is 1. The molecule has 1 unspecified atom stereocenters. The Hall–Kier alpha value is -1.45. The number of hydrogen-bond acceptors (Lipinski definition) is 5. The van der Waals surface area contributed by atoms with Gasteiger partial charge in [0.05, 0.1) is 21.4 Å². The van der Waals surface area contributed by atoms with Gasteiger partial charge < -0.3 is 5.11 Å². The first-order valence-electron chi connectivity index (χ1n) is 6.91. The molecular formula is C15H16ClNO5S2. The fourth-order valence-electron chi connectivity index (χ4n) is 1.96. The molecule has 0 aliphatic heterocycles. The van der Waals surface area contributed by atoms with Crippen LogP contribution in [0.25, 0.3) is 0 Å². The summed E-state index contributed by atoms with van der Waals surface area (Å²) in [7, 11) is -7.95. The van der Waals surface area contributed by atoms with Crippen molar-refractivity contribution >= 4 is 31.5 Å². The molecule has 0 amide bonds. The number of aliphatic hydroxyl groups is 1. The lowest BCUT2D eigenvalue weighted by Crippen LogP contribution is -2.35. The van der Waals surface area contributed by atoms with E-state index in [1.807, 2.05) is 0 Å². The summed E-state index contributed by atoms with van der Waals surface area (Å²) in [5, 5.41) is 8.88. The van der Waals surface area contributed by atoms with Gasteiger partial charge in [0.2, 0.25) is 19.9 Å². The third kappa shape index (κ3) is 3.96. The fraction of sp³-hybridized carbons (Fsp3) is 0.200. The van der Waals surface area contributed by atoms with Crippen molar-refractivity contribution in [1.82, 2.24) is 4.72 Å². The first-order chi connectivity index (χ1) is 11.2. The average Bonchev–Trinajstić information content (AvgIpc) is 2.55. The molecule has 0 bridgehead atoms. The summed E-state index contributed by atoms with van der Waals surface area (Å²) in [6.45, 7) is 1.06. The Morgan fingerprint density at radius 1 is 1.04 bits per heavy atom. The minimum absolute atomic E-state index is 0.0485. The van der Waals surface area contributed by atoms with Gasteiger partial charge in [-0.3, -0.25) is 0 Å². The Balaban J connectivity index is 2.54. The van der Waals surface area contributed by atoms with Crippen LogP contribution in [0, 0.1) is 0 Å². The summed E-state index contributed by atoms with van der Waals surface area (Å²) < 4.78 is 52.1. The minimum Gasteiger partial charge on any atom is -0.395 e. The fourth-order valence-corrected chi connectivity index (χ4v) is 5.10. The normalized spacial score (nSPS) is 13.6. The van der Waals surface area contributed by atoms with E-state index in [9.17, 15) is 16.8 Å². The molecular weight excluding hydrogens is 374 g/mol. The molecule has 0 saturated heterocycles. The zero-order chi connectivity index (χ0) is 18.0. The van der Waals surface area contributed by atoms with E-state index in [2.05, 4.69) is 4.72 Å². The molecule has 0 heterocycles. The van der Waals surface area contributed by atoms with E-state index in [-0.39, 0.29) is 19.7 Å². The lowest BCUT2D eigenvalue weighted by Gasteiger charge is -2.14. The Labute approximate surface area is 146 Å². The van der Waals surface area contributed by atoms with Crippen molar-refractivity contribution in [3.63, 3.8) is 0 Å². The molecule has 0 aliphatic carbocycles. The van der Waals surface area contributed by atoms with Gasteiger partial charge in [-0.2, -0.15) is 0 Å². The van der Waals surface area contributed by atoms with Crippen LogP contribution in [0.1, 0.15) is 6.92 Å². The minimum atomic E-state index is -4.07. The number of halogens is 1. The molecule has 0 fully saturated rings. The molecule has 0 aliphatic rings. The molecule has 2 aromatic rings. The number of sulfone groups is 1. The second kappa shape index (κ2) is 7.20. The predicted molar refractivity (Wildman–Crippen MR) is 90.2 cm³/mol. The molecule has 0 radical (unpaired) electrons. The van der Waals surface area contributed by atoms with Crippen molar-refractivity contribution in [2.24, 2.45) is 0 Å². The number of benzene rings is 2. The van der Waals surface area contributed by atoms with Gasteiger partial charge in [0.15, 0.2) is 0 Å². The third-order valence-electron chi connectivity index (χ3n) is 3.19. The Morgan fingerprint density at radius 2 is 1.67 bits per heavy atom. The summed E-state index contributed by atoms with van der Waals surface area (Å²) >= 11 is 5.93. The monoisotopic (exact) mass is 389 g/mol. The van der Waals surface area contributed by atoms with Crippen LogP contribution in [-0.2, 0) is 19.9 Å². The molecule has 0 saturated carbocycles. The standard InChI is InChI=1S/C15H16ClNO5S2/c1-11(10-18)17-24(21,22)15-9-13(7-8-14(15)16)23(19,20)12-5-3-2-4-6-12/h2-9,11,17-18H,10H2,1H3. The molecule has 0 spiro atoms. The Kier molecular flexibility index (Phi) is 5.67. The van der Waals surface area contributed by atoms with Crippen LogP contribution in [0.3, 0.4) is 0 Å². The summed E-state index contributed by atoms with van der Waals surface area (Å²) in [4.78, 5) is -0.496. The highest BCUT2D eigenvalue weighted by Gasteiger charge is 2.24. The van der Waals surface area contributed by atoms with Crippen LogP contribution in [0.2, 0.25) is 5.02 Å². The van der Waals surface area contributed by atoms with Crippen LogP contribution in [0.4, 0.5) is 0 Å². The summed E-state index contributed by atoms with van der Waals surface area (Å²) in [6.07, 6.45) is 0. The van der Waals surface area contributed by atoms with Gasteiger partial charge >= 0.3 is 0 Å². The van der Waals surface area contributed by atoms with Gasteiger partial charge in [0, 0.05) is 6.04 Å². The topological polar surface area (TPSA) is 101 Å². The van der Waals surface area contributed by atoms with Crippen LogP contribution in [0.15, 0.2) is 63.2 Å². The van der Waals surface area contributed by atoms with Gasteiger partial charge in [-0.1, -0.05) is 29.8 Å². The summed E-state index contributed by atoms with van der Waals surface area (Å²) in [5.41, 5.74) is 0. The van der Waals surface area contributed by atoms with Gasteiger partial charge in [0.25, 0.3) is 0 Å². The highest BCUT2D eigenvalue weighted by atomic mass is 35.5. The summed E-state index contributed by atoms with van der Waals surface area (Å²) in [6, 6.07) is 10.4. The van der Waals surface area contributed by atoms with Crippen molar-refractivity contribution in [3.05, 3.63) is 53.6 Å². The van der Waals surface area contributed by atoms with Crippen molar-refractivity contribution in [2.45, 2.75) is 27.7 Å². The first-order valence-corrected chi connectivity index (χ1v) is 10.3. The van der Waals surface area contributed by atoms with E-state index in [4.69, 9.17) is 16.7 Å². The average molecular weight is 390 g/mol. The van der Waals surface area contributed by atoms with Crippen molar-refractivity contribution in [1.29, 1.82) is 0 Å².